The van der Waals surface area contributed by atoms with E-state index in [-0.39, 0.29) is 0 Å². The zero-order valence-electron chi connectivity index (χ0n) is 12.4. The van der Waals surface area contributed by atoms with Crippen molar-refractivity contribution in [3.05, 3.63) is 39.6 Å². The molecule has 0 aliphatic carbocycles. The second-order valence-electron chi connectivity index (χ2n) is 5.57. The monoisotopic (exact) mass is 336 g/mol. The summed E-state index contributed by atoms with van der Waals surface area (Å²) in [4.78, 5) is 0. The lowest BCUT2D eigenvalue weighted by Crippen LogP contribution is -2.19. The van der Waals surface area contributed by atoms with Crippen LogP contribution in [0.1, 0.15) is 30.7 Å². The summed E-state index contributed by atoms with van der Waals surface area (Å²) in [6, 6.07) is 4.22. The van der Waals surface area contributed by atoms with Crippen LogP contribution in [0.15, 0.2) is 22.8 Å². The van der Waals surface area contributed by atoms with Crippen LogP contribution in [0.25, 0.3) is 5.69 Å². The van der Waals surface area contributed by atoms with E-state index in [9.17, 15) is 0 Å². The Balaban J connectivity index is 2.12. The van der Waals surface area contributed by atoms with E-state index >= 15 is 0 Å². The number of benzene rings is 1. The maximum atomic E-state index is 4.21. The van der Waals surface area contributed by atoms with Crippen molar-refractivity contribution in [1.82, 2.24) is 20.3 Å². The molecule has 1 aromatic heterocycles. The average Bonchev–Trinajstić information content (AvgIpc) is 2.83. The number of rotatable bonds is 5. The number of hydrogen-bond donors (Lipinski definition) is 1. The molecule has 0 aliphatic heterocycles. The van der Waals surface area contributed by atoms with Gasteiger partial charge in [-0.05, 0) is 49.6 Å². The molecule has 0 fully saturated rings. The first-order valence-corrected chi connectivity index (χ1v) is 7.65. The Morgan fingerprint density at radius 3 is 2.50 bits per heavy atom. The largest absolute Gasteiger partial charge is 0.311 e. The van der Waals surface area contributed by atoms with Gasteiger partial charge in [0.15, 0.2) is 0 Å². The summed E-state index contributed by atoms with van der Waals surface area (Å²) < 4.78 is 2.99. The highest BCUT2D eigenvalue weighted by atomic mass is 79.9. The summed E-state index contributed by atoms with van der Waals surface area (Å²) in [6.45, 7) is 10.3. The first kappa shape index (κ1) is 15.2. The molecule has 0 atom stereocenters. The first-order chi connectivity index (χ1) is 9.47. The molecule has 0 amide bonds. The fourth-order valence-electron chi connectivity index (χ4n) is 2.05. The zero-order valence-corrected chi connectivity index (χ0v) is 14.0. The van der Waals surface area contributed by atoms with Crippen LogP contribution in [-0.2, 0) is 6.54 Å². The molecule has 0 unspecified atom stereocenters. The molecule has 108 valence electrons. The third-order valence-electron chi connectivity index (χ3n) is 3.09. The summed E-state index contributed by atoms with van der Waals surface area (Å²) in [7, 11) is 0. The maximum Gasteiger partial charge on any atom is 0.0969 e. The Bertz CT molecular complexity index is 566. The smallest absolute Gasteiger partial charge is 0.0969 e. The standard InChI is InChI=1S/C15H21BrN4/c1-10(2)7-17-8-13-9-20(19-18-13)14-5-11(3)15(16)12(4)6-14/h5-6,9-10,17H,7-8H2,1-4H3. The Morgan fingerprint density at radius 2 is 1.90 bits per heavy atom. The first-order valence-electron chi connectivity index (χ1n) is 6.86. The van der Waals surface area contributed by atoms with E-state index in [4.69, 9.17) is 0 Å². The molecule has 0 radical (unpaired) electrons. The Hall–Kier alpha value is -1.20. The van der Waals surface area contributed by atoms with Crippen LogP contribution in [0.2, 0.25) is 0 Å². The van der Waals surface area contributed by atoms with Crippen LogP contribution in [0, 0.1) is 19.8 Å². The lowest BCUT2D eigenvalue weighted by atomic mass is 10.1. The van der Waals surface area contributed by atoms with Crippen LogP contribution in [-0.4, -0.2) is 21.5 Å². The molecule has 2 aromatic rings. The lowest BCUT2D eigenvalue weighted by molar-refractivity contribution is 0.548. The molecule has 0 bridgehead atoms. The van der Waals surface area contributed by atoms with Crippen LogP contribution in [0.4, 0.5) is 0 Å². The zero-order chi connectivity index (χ0) is 14.7. The van der Waals surface area contributed by atoms with Gasteiger partial charge in [-0.15, -0.1) is 5.10 Å². The van der Waals surface area contributed by atoms with Crippen molar-refractivity contribution in [3.63, 3.8) is 0 Å². The van der Waals surface area contributed by atoms with Crippen molar-refractivity contribution in [2.24, 2.45) is 5.92 Å². The van der Waals surface area contributed by atoms with Gasteiger partial charge in [0.2, 0.25) is 0 Å². The van der Waals surface area contributed by atoms with Gasteiger partial charge in [0.1, 0.15) is 0 Å². The number of nitrogens with one attached hydrogen (secondary N) is 1. The highest BCUT2D eigenvalue weighted by molar-refractivity contribution is 9.10. The summed E-state index contributed by atoms with van der Waals surface area (Å²) in [5.74, 6) is 0.641. The summed E-state index contributed by atoms with van der Waals surface area (Å²) in [5.41, 5.74) is 4.42. The van der Waals surface area contributed by atoms with E-state index in [1.165, 1.54) is 11.1 Å². The molecule has 1 N–H and O–H groups in total. The number of nitrogens with zero attached hydrogens (tertiary/aromatic N) is 3. The van der Waals surface area contributed by atoms with Crippen LogP contribution in [0.5, 0.6) is 0 Å². The van der Waals surface area contributed by atoms with Crippen LogP contribution < -0.4 is 5.32 Å². The van der Waals surface area contributed by atoms with Crippen LogP contribution >= 0.6 is 15.9 Å². The van der Waals surface area contributed by atoms with Gasteiger partial charge in [-0.3, -0.25) is 0 Å². The van der Waals surface area contributed by atoms with Gasteiger partial charge in [-0.2, -0.15) is 0 Å². The van der Waals surface area contributed by atoms with E-state index in [0.717, 1.165) is 28.9 Å². The normalized spacial score (nSPS) is 11.3. The maximum absolute atomic E-state index is 4.21. The molecule has 0 spiro atoms. The number of hydrogen-bond acceptors (Lipinski definition) is 3. The predicted molar refractivity (Wildman–Crippen MR) is 85.1 cm³/mol. The molecule has 1 aromatic carbocycles. The van der Waals surface area contributed by atoms with E-state index in [0.29, 0.717) is 5.92 Å². The van der Waals surface area contributed by atoms with Gasteiger partial charge in [-0.1, -0.05) is 35.0 Å². The molecule has 4 nitrogen and oxygen atoms in total. The highest BCUT2D eigenvalue weighted by Crippen LogP contribution is 2.24. The predicted octanol–water partition coefficient (Wildman–Crippen LogP) is 3.39. The van der Waals surface area contributed by atoms with E-state index in [2.05, 4.69) is 71.4 Å². The molecular formula is C15H21BrN4. The number of aromatic nitrogens is 3. The Morgan fingerprint density at radius 1 is 1.25 bits per heavy atom. The van der Waals surface area contributed by atoms with Crippen LogP contribution in [0.3, 0.4) is 0 Å². The fourth-order valence-corrected chi connectivity index (χ4v) is 2.28. The summed E-state index contributed by atoms with van der Waals surface area (Å²) >= 11 is 3.58. The minimum absolute atomic E-state index is 0.641. The minimum atomic E-state index is 0.641. The SMILES string of the molecule is Cc1cc(-n2cc(CNCC(C)C)nn2)cc(C)c1Br. The van der Waals surface area contributed by atoms with Crippen molar-refractivity contribution in [2.75, 3.05) is 6.54 Å². The molecule has 2 rings (SSSR count). The third kappa shape index (κ3) is 3.67. The molecule has 0 saturated carbocycles. The molecule has 0 aliphatic rings. The number of aryl methyl sites for hydroxylation is 2. The van der Waals surface area contributed by atoms with Gasteiger partial charge in [0.25, 0.3) is 0 Å². The average molecular weight is 337 g/mol. The highest BCUT2D eigenvalue weighted by Gasteiger charge is 2.07. The van der Waals surface area contributed by atoms with E-state index < -0.39 is 0 Å². The lowest BCUT2D eigenvalue weighted by Gasteiger charge is -2.07. The molecule has 5 heteroatoms. The Kier molecular flexibility index (Phi) is 4.94. The Labute approximate surface area is 128 Å². The molecule has 20 heavy (non-hydrogen) atoms. The van der Waals surface area contributed by atoms with Crippen molar-refractivity contribution < 1.29 is 0 Å². The van der Waals surface area contributed by atoms with E-state index in [1.807, 2.05) is 10.9 Å². The molecular weight excluding hydrogens is 316 g/mol. The van der Waals surface area contributed by atoms with Crippen molar-refractivity contribution in [3.8, 4) is 5.69 Å². The third-order valence-corrected chi connectivity index (χ3v) is 4.34. The minimum Gasteiger partial charge on any atom is -0.311 e. The quantitative estimate of drug-likeness (QED) is 0.909. The summed E-state index contributed by atoms with van der Waals surface area (Å²) in [6.07, 6.45) is 1.98. The van der Waals surface area contributed by atoms with Gasteiger partial charge < -0.3 is 5.32 Å². The molecule has 0 saturated heterocycles. The topological polar surface area (TPSA) is 42.7 Å². The van der Waals surface area contributed by atoms with Gasteiger partial charge in [-0.25, -0.2) is 4.68 Å². The molecule has 1 heterocycles. The number of halogens is 1. The summed E-state index contributed by atoms with van der Waals surface area (Å²) in [5, 5.41) is 11.8. The fraction of sp³-hybridized carbons (Fsp3) is 0.467. The van der Waals surface area contributed by atoms with Crippen molar-refractivity contribution in [2.45, 2.75) is 34.2 Å². The van der Waals surface area contributed by atoms with Crippen molar-refractivity contribution >= 4 is 15.9 Å². The van der Waals surface area contributed by atoms with E-state index in [1.54, 1.807) is 0 Å². The second kappa shape index (κ2) is 6.50. The van der Waals surface area contributed by atoms with Gasteiger partial charge >= 0.3 is 0 Å². The second-order valence-corrected chi connectivity index (χ2v) is 6.37. The van der Waals surface area contributed by atoms with Gasteiger partial charge in [0, 0.05) is 11.0 Å². The van der Waals surface area contributed by atoms with Crippen molar-refractivity contribution in [1.29, 1.82) is 0 Å². The van der Waals surface area contributed by atoms with Gasteiger partial charge in [0.05, 0.1) is 17.6 Å².